The average Bonchev–Trinajstić information content (AvgIpc) is 2.97. The molecular formula is C17H26FNO. The Labute approximate surface area is 121 Å². The van der Waals surface area contributed by atoms with Gasteiger partial charge in [-0.25, -0.2) is 4.39 Å². The van der Waals surface area contributed by atoms with Crippen LogP contribution in [0.1, 0.15) is 50.5 Å². The zero-order chi connectivity index (χ0) is 14.2. The van der Waals surface area contributed by atoms with Crippen LogP contribution in [0.4, 0.5) is 4.39 Å². The van der Waals surface area contributed by atoms with Gasteiger partial charge < -0.3 is 10.1 Å². The summed E-state index contributed by atoms with van der Waals surface area (Å²) in [5.41, 5.74) is 0.842. The quantitative estimate of drug-likeness (QED) is 0.729. The summed E-state index contributed by atoms with van der Waals surface area (Å²) in [5.74, 6) is 0.162. The Kier molecular flexibility index (Phi) is 6.48. The maximum atomic E-state index is 14.0. The number of benzene rings is 1. The van der Waals surface area contributed by atoms with Crippen molar-refractivity contribution in [2.75, 3.05) is 19.7 Å². The van der Waals surface area contributed by atoms with Crippen molar-refractivity contribution in [1.29, 1.82) is 0 Å². The Hall–Kier alpha value is -0.930. The standard InChI is InChI=1S/C17H26FNO/c1-2-11-19-13-14(9-10-15-6-5-12-20-15)16-7-3-4-8-17(16)18/h3-4,7-8,14-15,19H,2,5-6,9-13H2,1H3. The molecule has 0 bridgehead atoms. The molecule has 112 valence electrons. The van der Waals surface area contributed by atoms with Gasteiger partial charge in [-0.1, -0.05) is 25.1 Å². The van der Waals surface area contributed by atoms with Gasteiger partial charge in [0.25, 0.3) is 0 Å². The number of hydrogen-bond acceptors (Lipinski definition) is 2. The Morgan fingerprint density at radius 2 is 2.25 bits per heavy atom. The third-order valence-corrected chi connectivity index (χ3v) is 4.02. The highest BCUT2D eigenvalue weighted by atomic mass is 19.1. The van der Waals surface area contributed by atoms with Crippen LogP contribution >= 0.6 is 0 Å². The lowest BCUT2D eigenvalue weighted by Crippen LogP contribution is -2.24. The topological polar surface area (TPSA) is 21.3 Å². The minimum atomic E-state index is -0.0804. The Morgan fingerprint density at radius 3 is 2.95 bits per heavy atom. The van der Waals surface area contributed by atoms with Crippen molar-refractivity contribution < 1.29 is 9.13 Å². The molecule has 1 aromatic rings. The maximum absolute atomic E-state index is 14.0. The molecule has 1 fully saturated rings. The van der Waals surface area contributed by atoms with E-state index in [1.165, 1.54) is 6.42 Å². The van der Waals surface area contributed by atoms with Gasteiger partial charge in [0.05, 0.1) is 6.10 Å². The second kappa shape index (κ2) is 8.38. The lowest BCUT2D eigenvalue weighted by molar-refractivity contribution is 0.100. The first-order valence-corrected chi connectivity index (χ1v) is 7.88. The molecule has 1 saturated heterocycles. The molecule has 1 heterocycles. The summed E-state index contributed by atoms with van der Waals surface area (Å²) < 4.78 is 19.7. The van der Waals surface area contributed by atoms with E-state index in [4.69, 9.17) is 4.74 Å². The van der Waals surface area contributed by atoms with Gasteiger partial charge >= 0.3 is 0 Å². The fourth-order valence-electron chi connectivity index (χ4n) is 2.89. The maximum Gasteiger partial charge on any atom is 0.126 e. The third-order valence-electron chi connectivity index (χ3n) is 4.02. The van der Waals surface area contributed by atoms with Crippen LogP contribution in [0, 0.1) is 5.82 Å². The molecule has 0 saturated carbocycles. The zero-order valence-corrected chi connectivity index (χ0v) is 12.4. The van der Waals surface area contributed by atoms with Crippen LogP contribution < -0.4 is 5.32 Å². The summed E-state index contributed by atoms with van der Waals surface area (Å²) >= 11 is 0. The normalized spacial score (nSPS) is 20.2. The first-order chi connectivity index (χ1) is 9.81. The van der Waals surface area contributed by atoms with Crippen molar-refractivity contribution >= 4 is 0 Å². The molecule has 0 radical (unpaired) electrons. The van der Waals surface area contributed by atoms with Gasteiger partial charge in [-0.2, -0.15) is 0 Å². The van der Waals surface area contributed by atoms with Gasteiger partial charge in [-0.3, -0.25) is 0 Å². The van der Waals surface area contributed by atoms with E-state index in [0.29, 0.717) is 6.10 Å². The zero-order valence-electron chi connectivity index (χ0n) is 12.4. The second-order valence-corrected chi connectivity index (χ2v) is 5.63. The van der Waals surface area contributed by atoms with Gasteiger partial charge in [0.1, 0.15) is 5.82 Å². The number of halogens is 1. The average molecular weight is 279 g/mol. The van der Waals surface area contributed by atoms with Crippen molar-refractivity contribution in [2.45, 2.75) is 51.0 Å². The summed E-state index contributed by atoms with van der Waals surface area (Å²) in [4.78, 5) is 0. The molecular weight excluding hydrogens is 253 g/mol. The summed E-state index contributed by atoms with van der Waals surface area (Å²) in [5, 5.41) is 3.43. The SMILES string of the molecule is CCCNCC(CCC1CCCO1)c1ccccc1F. The molecule has 0 aliphatic carbocycles. The van der Waals surface area contributed by atoms with Crippen LogP contribution in [0.25, 0.3) is 0 Å². The van der Waals surface area contributed by atoms with E-state index in [9.17, 15) is 4.39 Å². The molecule has 20 heavy (non-hydrogen) atoms. The van der Waals surface area contributed by atoms with Crippen molar-refractivity contribution in [3.8, 4) is 0 Å². The number of hydrogen-bond donors (Lipinski definition) is 1. The van der Waals surface area contributed by atoms with Crippen molar-refractivity contribution in [1.82, 2.24) is 5.32 Å². The highest BCUT2D eigenvalue weighted by Gasteiger charge is 2.20. The molecule has 0 amide bonds. The summed E-state index contributed by atoms with van der Waals surface area (Å²) in [7, 11) is 0. The molecule has 0 spiro atoms. The van der Waals surface area contributed by atoms with E-state index < -0.39 is 0 Å². The molecule has 1 aliphatic rings. The number of nitrogens with one attached hydrogen (secondary N) is 1. The molecule has 2 atom stereocenters. The molecule has 2 unspecified atom stereocenters. The molecule has 1 aliphatic heterocycles. The van der Waals surface area contributed by atoms with E-state index in [1.54, 1.807) is 12.1 Å². The Morgan fingerprint density at radius 1 is 1.40 bits per heavy atom. The fourth-order valence-corrected chi connectivity index (χ4v) is 2.89. The molecule has 1 N–H and O–H groups in total. The number of ether oxygens (including phenoxy) is 1. The van der Waals surface area contributed by atoms with E-state index in [1.807, 2.05) is 12.1 Å². The van der Waals surface area contributed by atoms with Crippen LogP contribution in [0.15, 0.2) is 24.3 Å². The fraction of sp³-hybridized carbons (Fsp3) is 0.647. The minimum Gasteiger partial charge on any atom is -0.378 e. The Bertz CT molecular complexity index is 390. The summed E-state index contributed by atoms with van der Waals surface area (Å²) in [6.45, 7) is 4.88. The lowest BCUT2D eigenvalue weighted by Gasteiger charge is -2.20. The predicted octanol–water partition coefficient (Wildman–Crippen LogP) is 3.87. The molecule has 2 nitrogen and oxygen atoms in total. The van der Waals surface area contributed by atoms with E-state index in [-0.39, 0.29) is 11.7 Å². The van der Waals surface area contributed by atoms with Crippen LogP contribution in [0.2, 0.25) is 0 Å². The first kappa shape index (κ1) is 15.5. The third kappa shape index (κ3) is 4.57. The molecule has 2 rings (SSSR count). The van der Waals surface area contributed by atoms with Crippen molar-refractivity contribution in [3.05, 3.63) is 35.6 Å². The minimum absolute atomic E-state index is 0.0804. The van der Waals surface area contributed by atoms with Crippen molar-refractivity contribution in [2.24, 2.45) is 0 Å². The van der Waals surface area contributed by atoms with Crippen LogP contribution in [0.5, 0.6) is 0 Å². The number of rotatable bonds is 8. The monoisotopic (exact) mass is 279 g/mol. The van der Waals surface area contributed by atoms with Gasteiger partial charge in [-0.05, 0) is 56.2 Å². The van der Waals surface area contributed by atoms with Crippen molar-refractivity contribution in [3.63, 3.8) is 0 Å². The molecule has 0 aromatic heterocycles. The van der Waals surface area contributed by atoms with Crippen LogP contribution in [0.3, 0.4) is 0 Å². The van der Waals surface area contributed by atoms with E-state index >= 15 is 0 Å². The smallest absolute Gasteiger partial charge is 0.126 e. The van der Waals surface area contributed by atoms with Gasteiger partial charge in [0.15, 0.2) is 0 Å². The summed E-state index contributed by atoms with van der Waals surface area (Å²) in [6, 6.07) is 7.17. The van der Waals surface area contributed by atoms with Gasteiger partial charge in [0.2, 0.25) is 0 Å². The second-order valence-electron chi connectivity index (χ2n) is 5.63. The first-order valence-electron chi connectivity index (χ1n) is 7.88. The van der Waals surface area contributed by atoms with E-state index in [2.05, 4.69) is 12.2 Å². The largest absolute Gasteiger partial charge is 0.378 e. The van der Waals surface area contributed by atoms with Gasteiger partial charge in [-0.15, -0.1) is 0 Å². The Balaban J connectivity index is 1.94. The molecule has 1 aromatic carbocycles. The molecule has 3 heteroatoms. The highest BCUT2D eigenvalue weighted by Crippen LogP contribution is 2.27. The highest BCUT2D eigenvalue weighted by molar-refractivity contribution is 5.22. The van der Waals surface area contributed by atoms with Gasteiger partial charge in [0, 0.05) is 13.2 Å². The predicted molar refractivity (Wildman–Crippen MR) is 80.5 cm³/mol. The summed E-state index contributed by atoms with van der Waals surface area (Å²) in [6.07, 6.45) is 5.84. The van der Waals surface area contributed by atoms with Crippen LogP contribution in [-0.2, 0) is 4.74 Å². The van der Waals surface area contributed by atoms with Crippen LogP contribution in [-0.4, -0.2) is 25.8 Å². The lowest BCUT2D eigenvalue weighted by atomic mass is 9.92. The van der Waals surface area contributed by atoms with E-state index in [0.717, 1.165) is 50.9 Å².